The van der Waals surface area contributed by atoms with Crippen LogP contribution < -0.4 is 0 Å². The van der Waals surface area contributed by atoms with Crippen molar-refractivity contribution in [1.29, 1.82) is 0 Å². The summed E-state index contributed by atoms with van der Waals surface area (Å²) in [5.74, 6) is -0.177. The van der Waals surface area contributed by atoms with Gasteiger partial charge >= 0.3 is 5.97 Å². The number of esters is 1. The Morgan fingerprint density at radius 3 is 2.50 bits per heavy atom. The lowest BCUT2D eigenvalue weighted by Gasteiger charge is -2.06. The zero-order chi connectivity index (χ0) is 7.98. The van der Waals surface area contributed by atoms with Crippen molar-refractivity contribution in [2.24, 2.45) is 0 Å². The van der Waals surface area contributed by atoms with Gasteiger partial charge in [-0.05, 0) is 13.3 Å². The highest BCUT2D eigenvalue weighted by Crippen LogP contribution is 2.00. The summed E-state index contributed by atoms with van der Waals surface area (Å²) >= 11 is 0. The molecule has 0 aliphatic heterocycles. The number of hydrogen-bond acceptors (Lipinski definition) is 3. The Balaban J connectivity index is 3.26. The summed E-state index contributed by atoms with van der Waals surface area (Å²) in [6, 6.07) is 0. The van der Waals surface area contributed by atoms with E-state index in [0.717, 1.165) is 6.42 Å². The summed E-state index contributed by atoms with van der Waals surface area (Å²) in [5.41, 5.74) is 0. The molecule has 1 unspecified atom stereocenters. The van der Waals surface area contributed by atoms with Crippen LogP contribution in [0.15, 0.2) is 0 Å². The van der Waals surface area contributed by atoms with E-state index in [4.69, 9.17) is 4.74 Å². The summed E-state index contributed by atoms with van der Waals surface area (Å²) in [4.78, 5) is 10.6. The van der Waals surface area contributed by atoms with Crippen molar-refractivity contribution in [1.82, 2.24) is 0 Å². The first-order valence-electron chi connectivity index (χ1n) is 3.30. The van der Waals surface area contributed by atoms with E-state index in [0.29, 0.717) is 6.42 Å². The zero-order valence-corrected chi connectivity index (χ0v) is 6.72. The second-order valence-electron chi connectivity index (χ2n) is 2.16. The third-order valence-electron chi connectivity index (χ3n) is 1.39. The minimum absolute atomic E-state index is 0.138. The Labute approximate surface area is 61.3 Å². The van der Waals surface area contributed by atoms with Crippen LogP contribution in [0.3, 0.4) is 0 Å². The van der Waals surface area contributed by atoms with Crippen LogP contribution in [0.4, 0.5) is 0 Å². The Kier molecular flexibility index (Phi) is 4.94. The highest BCUT2D eigenvalue weighted by Gasteiger charge is 2.04. The largest absolute Gasteiger partial charge is 0.469 e. The first-order chi connectivity index (χ1) is 4.70. The number of carbonyl (C=O) groups excluding carboxylic acids is 1. The zero-order valence-electron chi connectivity index (χ0n) is 6.72. The molecule has 60 valence electrons. The predicted octanol–water partition coefficient (Wildman–Crippen LogP) is 0.974. The lowest BCUT2D eigenvalue weighted by atomic mass is 10.2. The molecule has 0 fully saturated rings. The summed E-state index contributed by atoms with van der Waals surface area (Å²) in [6.45, 7) is 1.92. The van der Waals surface area contributed by atoms with Gasteiger partial charge < -0.3 is 9.47 Å². The molecule has 1 atom stereocenters. The van der Waals surface area contributed by atoms with Crippen molar-refractivity contribution in [3.8, 4) is 0 Å². The van der Waals surface area contributed by atoms with Crippen molar-refractivity contribution in [2.75, 3.05) is 14.2 Å². The summed E-state index contributed by atoms with van der Waals surface area (Å²) in [5, 5.41) is 0. The van der Waals surface area contributed by atoms with E-state index >= 15 is 0 Å². The van der Waals surface area contributed by atoms with Gasteiger partial charge in [0, 0.05) is 13.5 Å². The van der Waals surface area contributed by atoms with E-state index in [9.17, 15) is 4.79 Å². The minimum Gasteiger partial charge on any atom is -0.469 e. The van der Waals surface area contributed by atoms with Crippen LogP contribution in [0.25, 0.3) is 0 Å². The molecule has 0 radical (unpaired) electrons. The molecule has 0 spiro atoms. The SMILES string of the molecule is COC(=O)CCC(C)OC. The van der Waals surface area contributed by atoms with Crippen molar-refractivity contribution in [3.63, 3.8) is 0 Å². The molecule has 0 bridgehead atoms. The molecule has 3 nitrogen and oxygen atoms in total. The van der Waals surface area contributed by atoms with Gasteiger partial charge in [0.1, 0.15) is 0 Å². The second kappa shape index (κ2) is 5.23. The Bertz CT molecular complexity index is 101. The fourth-order valence-corrected chi connectivity index (χ4v) is 0.541. The van der Waals surface area contributed by atoms with Crippen LogP contribution in [-0.2, 0) is 14.3 Å². The lowest BCUT2D eigenvalue weighted by molar-refractivity contribution is -0.141. The van der Waals surface area contributed by atoms with Gasteiger partial charge in [-0.25, -0.2) is 0 Å². The molecule has 0 aromatic rings. The molecule has 0 aliphatic rings. The Morgan fingerprint density at radius 1 is 1.50 bits per heavy atom. The van der Waals surface area contributed by atoms with E-state index in [1.54, 1.807) is 7.11 Å². The Morgan fingerprint density at radius 2 is 2.10 bits per heavy atom. The van der Waals surface area contributed by atoms with Gasteiger partial charge in [0.2, 0.25) is 0 Å². The van der Waals surface area contributed by atoms with Crippen molar-refractivity contribution in [3.05, 3.63) is 0 Å². The number of methoxy groups -OCH3 is 2. The highest BCUT2D eigenvalue weighted by atomic mass is 16.5. The third-order valence-corrected chi connectivity index (χ3v) is 1.39. The minimum atomic E-state index is -0.177. The van der Waals surface area contributed by atoms with Gasteiger partial charge in [0.15, 0.2) is 0 Å². The van der Waals surface area contributed by atoms with Crippen LogP contribution in [0.2, 0.25) is 0 Å². The third kappa shape index (κ3) is 4.32. The highest BCUT2D eigenvalue weighted by molar-refractivity contribution is 5.69. The number of hydrogen-bond donors (Lipinski definition) is 0. The Hall–Kier alpha value is -0.570. The fourth-order valence-electron chi connectivity index (χ4n) is 0.541. The molecular formula is C7H14O3. The van der Waals surface area contributed by atoms with E-state index in [1.165, 1.54) is 7.11 Å². The second-order valence-corrected chi connectivity index (χ2v) is 2.16. The molecule has 0 aromatic carbocycles. The molecule has 0 N–H and O–H groups in total. The molecule has 0 heterocycles. The smallest absolute Gasteiger partial charge is 0.305 e. The quantitative estimate of drug-likeness (QED) is 0.554. The average molecular weight is 146 g/mol. The monoisotopic (exact) mass is 146 g/mol. The number of carbonyl (C=O) groups is 1. The van der Waals surface area contributed by atoms with Crippen LogP contribution in [0, 0.1) is 0 Å². The van der Waals surface area contributed by atoms with Gasteiger partial charge in [-0.3, -0.25) is 4.79 Å². The van der Waals surface area contributed by atoms with Gasteiger partial charge in [-0.15, -0.1) is 0 Å². The van der Waals surface area contributed by atoms with Crippen LogP contribution in [0.1, 0.15) is 19.8 Å². The standard InChI is InChI=1S/C7H14O3/c1-6(9-2)4-5-7(8)10-3/h6H,4-5H2,1-3H3. The molecule has 0 rings (SSSR count). The molecule has 0 saturated heterocycles. The van der Waals surface area contributed by atoms with Gasteiger partial charge in [-0.1, -0.05) is 0 Å². The van der Waals surface area contributed by atoms with Crippen LogP contribution in [0.5, 0.6) is 0 Å². The number of rotatable bonds is 4. The van der Waals surface area contributed by atoms with Crippen LogP contribution >= 0.6 is 0 Å². The molecule has 0 aromatic heterocycles. The molecule has 0 saturated carbocycles. The molecule has 3 heteroatoms. The topological polar surface area (TPSA) is 35.5 Å². The van der Waals surface area contributed by atoms with Gasteiger partial charge in [-0.2, -0.15) is 0 Å². The van der Waals surface area contributed by atoms with Gasteiger partial charge in [0.25, 0.3) is 0 Å². The average Bonchev–Trinajstić information content (AvgIpc) is 1.99. The normalized spacial score (nSPS) is 12.7. The maximum Gasteiger partial charge on any atom is 0.305 e. The summed E-state index contributed by atoms with van der Waals surface area (Å²) < 4.78 is 9.39. The van der Waals surface area contributed by atoms with Crippen LogP contribution in [-0.4, -0.2) is 26.3 Å². The first kappa shape index (κ1) is 9.43. The van der Waals surface area contributed by atoms with Crippen molar-refractivity contribution in [2.45, 2.75) is 25.9 Å². The maximum absolute atomic E-state index is 10.6. The molecule has 0 aliphatic carbocycles. The lowest BCUT2D eigenvalue weighted by Crippen LogP contribution is -2.09. The first-order valence-corrected chi connectivity index (χ1v) is 3.30. The maximum atomic E-state index is 10.6. The molecule has 0 amide bonds. The van der Waals surface area contributed by atoms with E-state index in [-0.39, 0.29) is 12.1 Å². The molecular weight excluding hydrogens is 132 g/mol. The van der Waals surface area contributed by atoms with Crippen molar-refractivity contribution < 1.29 is 14.3 Å². The van der Waals surface area contributed by atoms with E-state index in [2.05, 4.69) is 4.74 Å². The van der Waals surface area contributed by atoms with E-state index in [1.807, 2.05) is 6.92 Å². The molecule has 10 heavy (non-hydrogen) atoms. The number of ether oxygens (including phenoxy) is 2. The fraction of sp³-hybridized carbons (Fsp3) is 0.857. The summed E-state index contributed by atoms with van der Waals surface area (Å²) in [7, 11) is 3.02. The predicted molar refractivity (Wildman–Crippen MR) is 37.7 cm³/mol. The van der Waals surface area contributed by atoms with Gasteiger partial charge in [0.05, 0.1) is 13.2 Å². The van der Waals surface area contributed by atoms with E-state index < -0.39 is 0 Å². The summed E-state index contributed by atoms with van der Waals surface area (Å²) in [6.07, 6.45) is 1.30. The van der Waals surface area contributed by atoms with Crippen molar-refractivity contribution >= 4 is 5.97 Å².